The molecule has 11 heteroatoms. The summed E-state index contributed by atoms with van der Waals surface area (Å²) in [5, 5.41) is 18.7. The number of halogens is 1. The quantitative estimate of drug-likeness (QED) is 0.316. The molecule has 0 aliphatic rings. The van der Waals surface area contributed by atoms with Crippen LogP contribution < -0.4 is 10.1 Å². The van der Waals surface area contributed by atoms with Crippen molar-refractivity contribution < 1.29 is 19.2 Å². The molecule has 3 rings (SSSR count). The number of anilines is 1. The third kappa shape index (κ3) is 6.45. The van der Waals surface area contributed by atoms with Crippen LogP contribution in [0.3, 0.4) is 0 Å². The Labute approximate surface area is 220 Å². The van der Waals surface area contributed by atoms with Crippen LogP contribution in [0.25, 0.3) is 5.69 Å². The monoisotopic (exact) mass is 527 g/mol. The van der Waals surface area contributed by atoms with Crippen molar-refractivity contribution in [2.24, 2.45) is 0 Å². The standard InChI is InChI=1S/C26H30ClN5O5/c1-16(2)30(25(34)17-7-12-20(27)21(13-17)32(35)36)15-24(33)28-23-14-22(26(3,4)5)29-31(23)18-8-10-19(37-6)11-9-18/h7-14,16H,15H2,1-6H3,(H,28,33). The Hall–Kier alpha value is -3.92. The summed E-state index contributed by atoms with van der Waals surface area (Å²) in [7, 11) is 1.58. The molecule has 0 radical (unpaired) electrons. The fourth-order valence-corrected chi connectivity index (χ4v) is 3.72. The highest BCUT2D eigenvalue weighted by atomic mass is 35.5. The molecule has 0 saturated heterocycles. The first-order chi connectivity index (χ1) is 17.3. The third-order valence-electron chi connectivity index (χ3n) is 5.65. The lowest BCUT2D eigenvalue weighted by atomic mass is 9.92. The maximum atomic E-state index is 13.2. The Balaban J connectivity index is 1.88. The number of carbonyl (C=O) groups is 2. The number of methoxy groups -OCH3 is 1. The minimum absolute atomic E-state index is 0.0656. The van der Waals surface area contributed by atoms with Crippen LogP contribution >= 0.6 is 11.6 Å². The van der Waals surface area contributed by atoms with Crippen LogP contribution in [-0.2, 0) is 10.2 Å². The van der Waals surface area contributed by atoms with Gasteiger partial charge in [0.25, 0.3) is 11.6 Å². The molecule has 0 atom stereocenters. The lowest BCUT2D eigenvalue weighted by molar-refractivity contribution is -0.384. The number of ether oxygens (including phenoxy) is 1. The molecule has 1 heterocycles. The number of hydrogen-bond donors (Lipinski definition) is 1. The number of nitrogens with zero attached hydrogens (tertiary/aromatic N) is 4. The van der Waals surface area contributed by atoms with Gasteiger partial charge in [0, 0.05) is 29.2 Å². The van der Waals surface area contributed by atoms with E-state index in [0.29, 0.717) is 11.6 Å². The molecule has 0 unspecified atom stereocenters. The first-order valence-corrected chi connectivity index (χ1v) is 12.0. The van der Waals surface area contributed by atoms with Crippen LogP contribution in [0.1, 0.15) is 50.7 Å². The minimum Gasteiger partial charge on any atom is -0.497 e. The van der Waals surface area contributed by atoms with E-state index in [-0.39, 0.29) is 34.3 Å². The smallest absolute Gasteiger partial charge is 0.288 e. The molecule has 0 fully saturated rings. The highest BCUT2D eigenvalue weighted by Crippen LogP contribution is 2.28. The van der Waals surface area contributed by atoms with E-state index in [9.17, 15) is 19.7 Å². The number of carbonyl (C=O) groups excluding carboxylic acids is 2. The summed E-state index contributed by atoms with van der Waals surface area (Å²) in [6.45, 7) is 9.30. The van der Waals surface area contributed by atoms with Gasteiger partial charge in [0.05, 0.1) is 23.4 Å². The lowest BCUT2D eigenvalue weighted by Crippen LogP contribution is -2.42. The number of nitro groups is 1. The van der Waals surface area contributed by atoms with Gasteiger partial charge in [-0.2, -0.15) is 5.10 Å². The highest BCUT2D eigenvalue weighted by molar-refractivity contribution is 6.32. The van der Waals surface area contributed by atoms with Crippen molar-refractivity contribution in [2.45, 2.75) is 46.1 Å². The number of amides is 2. The van der Waals surface area contributed by atoms with Gasteiger partial charge >= 0.3 is 0 Å². The number of nitro benzene ring substituents is 1. The van der Waals surface area contributed by atoms with Gasteiger partial charge < -0.3 is 15.0 Å². The zero-order chi connectivity index (χ0) is 27.5. The fraction of sp³-hybridized carbons (Fsp3) is 0.346. The summed E-state index contributed by atoms with van der Waals surface area (Å²) in [4.78, 5) is 38.3. The van der Waals surface area contributed by atoms with E-state index in [2.05, 4.69) is 5.32 Å². The molecular weight excluding hydrogens is 498 g/mol. The second-order valence-corrected chi connectivity index (χ2v) is 10.2. The number of benzene rings is 2. The Bertz CT molecular complexity index is 1310. The summed E-state index contributed by atoms with van der Waals surface area (Å²) in [6.07, 6.45) is 0. The van der Waals surface area contributed by atoms with Gasteiger partial charge in [-0.05, 0) is 50.2 Å². The Morgan fingerprint density at radius 1 is 1.16 bits per heavy atom. The van der Waals surface area contributed by atoms with Crippen LogP contribution in [0.5, 0.6) is 5.75 Å². The van der Waals surface area contributed by atoms with Gasteiger partial charge in [0.15, 0.2) is 0 Å². The van der Waals surface area contributed by atoms with Crippen molar-refractivity contribution in [3.63, 3.8) is 0 Å². The molecule has 196 valence electrons. The van der Waals surface area contributed by atoms with Crippen LogP contribution in [0.15, 0.2) is 48.5 Å². The first-order valence-electron chi connectivity index (χ1n) is 11.6. The summed E-state index contributed by atoms with van der Waals surface area (Å²) in [5.74, 6) is 0.161. The van der Waals surface area contributed by atoms with Gasteiger partial charge in [-0.15, -0.1) is 0 Å². The third-order valence-corrected chi connectivity index (χ3v) is 5.97. The maximum Gasteiger partial charge on any atom is 0.288 e. The van der Waals surface area contributed by atoms with Crippen molar-refractivity contribution in [1.82, 2.24) is 14.7 Å². The molecule has 0 bridgehead atoms. The number of rotatable bonds is 8. The molecular formula is C26H30ClN5O5. The summed E-state index contributed by atoms with van der Waals surface area (Å²) in [6, 6.07) is 12.5. The first kappa shape index (κ1) is 27.7. The second-order valence-electron chi connectivity index (χ2n) is 9.77. The second kappa shape index (κ2) is 11.0. The average molecular weight is 528 g/mol. The van der Waals surface area contributed by atoms with E-state index in [4.69, 9.17) is 21.4 Å². The average Bonchev–Trinajstić information content (AvgIpc) is 3.26. The largest absolute Gasteiger partial charge is 0.497 e. The van der Waals surface area contributed by atoms with Gasteiger partial charge in [-0.1, -0.05) is 32.4 Å². The lowest BCUT2D eigenvalue weighted by Gasteiger charge is -2.26. The van der Waals surface area contributed by atoms with E-state index in [1.807, 2.05) is 32.9 Å². The van der Waals surface area contributed by atoms with Gasteiger partial charge in [0.2, 0.25) is 5.91 Å². The molecule has 10 nitrogen and oxygen atoms in total. The topological polar surface area (TPSA) is 120 Å². The molecule has 3 aromatic rings. The molecule has 0 spiro atoms. The van der Waals surface area contributed by atoms with Crippen LogP contribution in [0.4, 0.5) is 11.5 Å². The van der Waals surface area contributed by atoms with Crippen molar-refractivity contribution in [3.05, 3.63) is 74.9 Å². The van der Waals surface area contributed by atoms with Crippen molar-refractivity contribution in [1.29, 1.82) is 0 Å². The molecule has 0 aliphatic heterocycles. The summed E-state index contributed by atoms with van der Waals surface area (Å²) in [5.41, 5.74) is 0.899. The van der Waals surface area contributed by atoms with E-state index in [0.717, 1.165) is 17.4 Å². The zero-order valence-electron chi connectivity index (χ0n) is 21.6. The van der Waals surface area contributed by atoms with Gasteiger partial charge in [0.1, 0.15) is 23.1 Å². The number of aromatic nitrogens is 2. The van der Waals surface area contributed by atoms with Crippen molar-refractivity contribution >= 4 is 34.9 Å². The van der Waals surface area contributed by atoms with Crippen LogP contribution in [-0.4, -0.2) is 51.1 Å². The predicted octanol–water partition coefficient (Wildman–Crippen LogP) is 5.23. The van der Waals surface area contributed by atoms with E-state index in [1.165, 1.54) is 17.0 Å². The minimum atomic E-state index is -0.654. The van der Waals surface area contributed by atoms with Crippen LogP contribution in [0, 0.1) is 10.1 Å². The van der Waals surface area contributed by atoms with Gasteiger partial charge in [-0.25, -0.2) is 4.68 Å². The van der Waals surface area contributed by atoms with Crippen LogP contribution in [0.2, 0.25) is 5.02 Å². The molecule has 2 amide bonds. The molecule has 0 aliphatic carbocycles. The number of hydrogen-bond acceptors (Lipinski definition) is 6. The Kier molecular flexibility index (Phi) is 8.22. The highest BCUT2D eigenvalue weighted by Gasteiger charge is 2.26. The molecule has 37 heavy (non-hydrogen) atoms. The van der Waals surface area contributed by atoms with Gasteiger partial charge in [-0.3, -0.25) is 19.7 Å². The number of nitrogens with one attached hydrogen (secondary N) is 1. The fourth-order valence-electron chi connectivity index (χ4n) is 3.53. The Morgan fingerprint density at radius 3 is 2.35 bits per heavy atom. The maximum absolute atomic E-state index is 13.2. The summed E-state index contributed by atoms with van der Waals surface area (Å²) < 4.78 is 6.86. The Morgan fingerprint density at radius 2 is 1.81 bits per heavy atom. The normalized spacial score (nSPS) is 11.4. The zero-order valence-corrected chi connectivity index (χ0v) is 22.4. The SMILES string of the molecule is COc1ccc(-n2nc(C(C)(C)C)cc2NC(=O)CN(C(=O)c2ccc(Cl)c([N+](=O)[O-])c2)C(C)C)cc1. The molecule has 2 aromatic carbocycles. The molecule has 1 aromatic heterocycles. The van der Waals surface area contributed by atoms with E-state index < -0.39 is 16.7 Å². The van der Waals surface area contributed by atoms with Crippen molar-refractivity contribution in [3.8, 4) is 11.4 Å². The van der Waals surface area contributed by atoms with E-state index in [1.54, 1.807) is 43.8 Å². The summed E-state index contributed by atoms with van der Waals surface area (Å²) >= 11 is 5.88. The molecule has 0 saturated carbocycles. The van der Waals surface area contributed by atoms with E-state index >= 15 is 0 Å². The van der Waals surface area contributed by atoms with Crippen molar-refractivity contribution in [2.75, 3.05) is 19.0 Å². The molecule has 1 N–H and O–H groups in total. The predicted molar refractivity (Wildman–Crippen MR) is 142 cm³/mol.